The number of rotatable bonds is 9. The maximum absolute atomic E-state index is 13.0. The number of pyridine rings is 1. The molecule has 0 aliphatic rings. The zero-order valence-electron chi connectivity index (χ0n) is 19.8. The number of carbonyl (C=O) groups is 2. The molecule has 13 nitrogen and oxygen atoms in total. The van der Waals surface area contributed by atoms with Gasteiger partial charge in [-0.3, -0.25) is 18.9 Å². The predicted molar refractivity (Wildman–Crippen MR) is 131 cm³/mol. The summed E-state index contributed by atoms with van der Waals surface area (Å²) in [6.45, 7) is 2.99. The van der Waals surface area contributed by atoms with Gasteiger partial charge in [0.05, 0.1) is 5.75 Å². The summed E-state index contributed by atoms with van der Waals surface area (Å²) in [4.78, 5) is 39.0. The third kappa shape index (κ3) is 9.81. The molecule has 2 atom stereocenters. The summed E-state index contributed by atoms with van der Waals surface area (Å²) in [5.41, 5.74) is 15.7. The highest BCUT2D eigenvalue weighted by Gasteiger charge is 2.38. The van der Waals surface area contributed by atoms with Gasteiger partial charge in [0.2, 0.25) is 21.9 Å². The molecule has 1 aromatic heterocycles. The van der Waals surface area contributed by atoms with Crippen molar-refractivity contribution in [1.82, 2.24) is 4.57 Å². The van der Waals surface area contributed by atoms with Gasteiger partial charge in [-0.25, -0.2) is 13.2 Å². The molecule has 18 heteroatoms. The molecule has 210 valence electrons. The van der Waals surface area contributed by atoms with Crippen molar-refractivity contribution in [3.8, 4) is 0 Å². The third-order valence-electron chi connectivity index (χ3n) is 4.44. The number of nitrogens with two attached hydrogens (primary N) is 3. The molecule has 0 aliphatic carbocycles. The van der Waals surface area contributed by atoms with Gasteiger partial charge < -0.3 is 27.1 Å². The monoisotopic (exact) mass is 584 g/mol. The number of sulfonamides is 1. The van der Waals surface area contributed by atoms with E-state index in [1.807, 2.05) is 0 Å². The number of halogens is 4. The van der Waals surface area contributed by atoms with Crippen LogP contribution in [-0.4, -0.2) is 48.2 Å². The predicted octanol–water partition coefficient (Wildman–Crippen LogP) is 1.01. The van der Waals surface area contributed by atoms with Gasteiger partial charge in [0.15, 0.2) is 12.1 Å². The molecule has 1 heterocycles. The van der Waals surface area contributed by atoms with Gasteiger partial charge in [0.1, 0.15) is 5.69 Å². The van der Waals surface area contributed by atoms with E-state index in [4.69, 9.17) is 43.5 Å². The Morgan fingerprint density at radius 2 is 1.68 bits per heavy atom. The van der Waals surface area contributed by atoms with Gasteiger partial charge in [-0.05, 0) is 48.8 Å². The van der Waals surface area contributed by atoms with Crippen LogP contribution in [0.15, 0.2) is 46.3 Å². The number of guanidine groups is 1. The molecular weight excluding hydrogens is 561 g/mol. The third-order valence-corrected chi connectivity index (χ3v) is 5.93. The lowest BCUT2D eigenvalue weighted by atomic mass is 10.1. The Balaban J connectivity index is 0.000000905. The maximum Gasteiger partial charge on any atom is 0.490 e. The van der Waals surface area contributed by atoms with Crippen molar-refractivity contribution in [2.75, 3.05) is 4.72 Å². The van der Waals surface area contributed by atoms with Gasteiger partial charge in [0, 0.05) is 10.7 Å². The summed E-state index contributed by atoms with van der Waals surface area (Å²) in [6, 6.07) is 7.68. The first-order valence-electron chi connectivity index (χ1n) is 10.2. The van der Waals surface area contributed by atoms with Crippen molar-refractivity contribution in [3.05, 3.63) is 63.0 Å². The van der Waals surface area contributed by atoms with E-state index in [1.165, 1.54) is 19.1 Å². The molecule has 0 saturated carbocycles. The summed E-state index contributed by atoms with van der Waals surface area (Å²) < 4.78 is 60.1. The van der Waals surface area contributed by atoms with Crippen LogP contribution in [0.4, 0.5) is 18.9 Å². The van der Waals surface area contributed by atoms with Crippen LogP contribution in [0.1, 0.15) is 24.2 Å². The van der Waals surface area contributed by atoms with Crippen LogP contribution in [0.5, 0.6) is 0 Å². The van der Waals surface area contributed by atoms with Crippen molar-refractivity contribution in [2.24, 2.45) is 22.4 Å². The number of primary amides is 1. The topological polar surface area (TPSA) is 222 Å². The van der Waals surface area contributed by atoms with Gasteiger partial charge in [-0.15, -0.1) is 0 Å². The SMILES string of the molecule is Cc1ccc(NS(=O)(=O)Cc2ccc(Cl)cc2)c(=O)n1C(C(N)=O)C(C)ON=C(N)N.O=C(O)C(F)(F)F. The number of carbonyl (C=O) groups excluding carboxylic acids is 1. The quantitative estimate of drug-likeness (QED) is 0.161. The number of alkyl halides is 3. The van der Waals surface area contributed by atoms with E-state index in [0.29, 0.717) is 16.3 Å². The van der Waals surface area contributed by atoms with Crippen LogP contribution in [0.25, 0.3) is 0 Å². The zero-order chi connectivity index (χ0) is 29.4. The second kappa shape index (κ2) is 13.0. The Bertz CT molecular complexity index is 1340. The first-order chi connectivity index (χ1) is 17.4. The minimum Gasteiger partial charge on any atom is -0.475 e. The number of amides is 1. The van der Waals surface area contributed by atoms with Crippen molar-refractivity contribution in [3.63, 3.8) is 0 Å². The zero-order valence-corrected chi connectivity index (χ0v) is 21.3. The molecule has 1 aromatic carbocycles. The van der Waals surface area contributed by atoms with Crippen molar-refractivity contribution in [2.45, 2.75) is 37.9 Å². The van der Waals surface area contributed by atoms with Crippen LogP contribution >= 0.6 is 11.6 Å². The number of hydrogen-bond donors (Lipinski definition) is 5. The van der Waals surface area contributed by atoms with Gasteiger partial charge >= 0.3 is 12.1 Å². The van der Waals surface area contributed by atoms with E-state index < -0.39 is 45.8 Å². The molecule has 0 spiro atoms. The van der Waals surface area contributed by atoms with E-state index in [0.717, 1.165) is 4.57 Å². The smallest absolute Gasteiger partial charge is 0.475 e. The van der Waals surface area contributed by atoms with Crippen LogP contribution in [-0.2, 0) is 30.2 Å². The summed E-state index contributed by atoms with van der Waals surface area (Å²) in [6.07, 6.45) is -6.11. The van der Waals surface area contributed by atoms with E-state index in [9.17, 15) is 31.2 Å². The Morgan fingerprint density at radius 3 is 2.13 bits per heavy atom. The number of anilines is 1. The summed E-state index contributed by atoms with van der Waals surface area (Å²) in [5.74, 6) is -4.43. The number of hydrogen-bond acceptors (Lipinski definition) is 7. The van der Waals surface area contributed by atoms with E-state index >= 15 is 0 Å². The first kappa shape index (κ1) is 32.0. The maximum atomic E-state index is 13.0. The number of nitrogens with zero attached hydrogens (tertiary/aromatic N) is 2. The van der Waals surface area contributed by atoms with Crippen LogP contribution < -0.4 is 27.5 Å². The molecule has 1 amide bonds. The van der Waals surface area contributed by atoms with Crippen LogP contribution in [0, 0.1) is 6.92 Å². The molecule has 8 N–H and O–H groups in total. The molecule has 0 aliphatic heterocycles. The average Bonchev–Trinajstić information content (AvgIpc) is 2.77. The Hall–Kier alpha value is -3.99. The number of benzene rings is 1. The summed E-state index contributed by atoms with van der Waals surface area (Å²) in [7, 11) is -3.95. The number of carboxylic acids is 1. The standard InChI is InChI=1S/C18H23ClN6O5S.C2HF3O2/c1-10-3-8-14(24-31(28,29)9-12-4-6-13(19)7-5-12)17(27)25(10)15(16(20)26)11(2)30-23-18(21)22;3-2(4,5)1(6)7/h3-8,11,15,24H,9H2,1-2H3,(H2,20,26)(H4,21,22,23);(H,6,7). The lowest BCUT2D eigenvalue weighted by Gasteiger charge is -2.24. The summed E-state index contributed by atoms with van der Waals surface area (Å²) in [5, 5.41) is 11.0. The fraction of sp³-hybridized carbons (Fsp3) is 0.300. The average molecular weight is 585 g/mol. The highest BCUT2D eigenvalue weighted by molar-refractivity contribution is 7.91. The van der Waals surface area contributed by atoms with Gasteiger partial charge in [0.25, 0.3) is 5.56 Å². The number of aromatic nitrogens is 1. The van der Waals surface area contributed by atoms with E-state index in [2.05, 4.69) is 9.88 Å². The highest BCUT2D eigenvalue weighted by Crippen LogP contribution is 2.19. The summed E-state index contributed by atoms with van der Waals surface area (Å²) >= 11 is 5.81. The van der Waals surface area contributed by atoms with Crippen LogP contribution in [0.3, 0.4) is 0 Å². The first-order valence-corrected chi connectivity index (χ1v) is 12.2. The minimum absolute atomic E-state index is 0.264. The molecule has 2 aromatic rings. The molecule has 2 unspecified atom stereocenters. The molecule has 38 heavy (non-hydrogen) atoms. The van der Waals surface area contributed by atoms with Gasteiger partial charge in [-0.2, -0.15) is 13.2 Å². The van der Waals surface area contributed by atoms with Crippen LogP contribution in [0.2, 0.25) is 5.02 Å². The number of nitrogens with one attached hydrogen (secondary N) is 1. The highest BCUT2D eigenvalue weighted by atomic mass is 35.5. The van der Waals surface area contributed by atoms with Crippen molar-refractivity contribution >= 4 is 45.1 Å². The van der Waals surface area contributed by atoms with E-state index in [-0.39, 0.29) is 17.4 Å². The fourth-order valence-electron chi connectivity index (χ4n) is 2.84. The molecule has 0 radical (unpaired) electrons. The largest absolute Gasteiger partial charge is 0.490 e. The van der Waals surface area contributed by atoms with E-state index in [1.54, 1.807) is 31.2 Å². The fourth-order valence-corrected chi connectivity index (χ4v) is 4.16. The van der Waals surface area contributed by atoms with Crippen molar-refractivity contribution in [1.29, 1.82) is 0 Å². The Labute approximate surface area is 219 Å². The van der Waals surface area contributed by atoms with Gasteiger partial charge in [-0.1, -0.05) is 23.7 Å². The number of aryl methyl sites for hydroxylation is 1. The molecular formula is C20H24ClF3N6O7S. The molecule has 0 fully saturated rings. The molecule has 0 bridgehead atoms. The normalized spacial score (nSPS) is 12.8. The Kier molecular flexibility index (Phi) is 11.0. The molecule has 2 rings (SSSR count). The number of carboxylic acid groups (broad SMARTS) is 1. The second-order valence-electron chi connectivity index (χ2n) is 7.53. The lowest BCUT2D eigenvalue weighted by molar-refractivity contribution is -0.192. The van der Waals surface area contributed by atoms with Crippen molar-refractivity contribution < 1.29 is 41.1 Å². The Morgan fingerprint density at radius 1 is 1.16 bits per heavy atom. The second-order valence-corrected chi connectivity index (χ2v) is 9.69. The minimum atomic E-state index is -5.08. The number of aliphatic carboxylic acids is 1. The molecule has 0 saturated heterocycles. The lowest BCUT2D eigenvalue weighted by Crippen LogP contribution is -2.42. The number of oxime groups is 1.